The molecule has 1 aromatic carbocycles. The Morgan fingerprint density at radius 1 is 1.27 bits per heavy atom. The molecule has 0 saturated heterocycles. The fourth-order valence-electron chi connectivity index (χ4n) is 2.82. The first-order chi connectivity index (χ1) is 12.5. The van der Waals surface area contributed by atoms with E-state index < -0.39 is 0 Å². The molecule has 26 heavy (non-hydrogen) atoms. The molecular formula is C20H34FN3O2. The minimum absolute atomic E-state index is 0.193. The molecule has 0 aromatic heterocycles. The number of nitrogens with zero attached hydrogens (tertiary/aromatic N) is 1. The maximum atomic E-state index is 13.9. The van der Waals surface area contributed by atoms with Crippen molar-refractivity contribution in [2.45, 2.75) is 47.1 Å². The van der Waals surface area contributed by atoms with Gasteiger partial charge in [0.05, 0.1) is 13.2 Å². The molecule has 1 unspecified atom stereocenters. The number of aliphatic hydroxyl groups excluding tert-OH is 1. The van der Waals surface area contributed by atoms with Crippen molar-refractivity contribution in [1.29, 1.82) is 0 Å². The van der Waals surface area contributed by atoms with Crippen molar-refractivity contribution in [3.05, 3.63) is 29.6 Å². The summed E-state index contributed by atoms with van der Waals surface area (Å²) in [6, 6.07) is 4.93. The Bertz CT molecular complexity index is 550. The van der Waals surface area contributed by atoms with Gasteiger partial charge in [-0.3, -0.25) is 0 Å². The van der Waals surface area contributed by atoms with Gasteiger partial charge in [0.15, 0.2) is 17.5 Å². The van der Waals surface area contributed by atoms with Crippen LogP contribution in [0.15, 0.2) is 23.2 Å². The predicted molar refractivity (Wildman–Crippen MR) is 105 cm³/mol. The Kier molecular flexibility index (Phi) is 10.7. The lowest BCUT2D eigenvalue weighted by Crippen LogP contribution is -2.40. The normalized spacial score (nSPS) is 13.0. The van der Waals surface area contributed by atoms with E-state index in [2.05, 4.69) is 29.5 Å². The Balaban J connectivity index is 2.68. The van der Waals surface area contributed by atoms with Gasteiger partial charge in [0.25, 0.3) is 0 Å². The third-order valence-corrected chi connectivity index (χ3v) is 3.96. The molecule has 148 valence electrons. The van der Waals surface area contributed by atoms with Crippen molar-refractivity contribution in [1.82, 2.24) is 10.6 Å². The smallest absolute Gasteiger partial charge is 0.191 e. The summed E-state index contributed by atoms with van der Waals surface area (Å²) < 4.78 is 19.2. The monoisotopic (exact) mass is 367 g/mol. The maximum Gasteiger partial charge on any atom is 0.191 e. The number of hydrogen-bond acceptors (Lipinski definition) is 3. The lowest BCUT2D eigenvalue weighted by atomic mass is 9.94. The first-order valence-corrected chi connectivity index (χ1v) is 9.54. The fourth-order valence-corrected chi connectivity index (χ4v) is 2.82. The van der Waals surface area contributed by atoms with Crippen LogP contribution in [0.2, 0.25) is 0 Å². The highest BCUT2D eigenvalue weighted by Gasteiger charge is 2.11. The van der Waals surface area contributed by atoms with Gasteiger partial charge in [0.2, 0.25) is 0 Å². The molecule has 0 spiro atoms. The SMILES string of the molecule is CCNC(=NCc1ccc(OCC)c(F)c1)NCC(CCO)CC(C)C. The average molecular weight is 368 g/mol. The zero-order chi connectivity index (χ0) is 19.4. The van der Waals surface area contributed by atoms with Gasteiger partial charge in [0.1, 0.15) is 0 Å². The van der Waals surface area contributed by atoms with Gasteiger partial charge in [-0.1, -0.05) is 19.9 Å². The highest BCUT2D eigenvalue weighted by Crippen LogP contribution is 2.19. The Hall–Kier alpha value is -1.82. The van der Waals surface area contributed by atoms with Crippen LogP contribution >= 0.6 is 0 Å². The molecule has 0 radical (unpaired) electrons. The molecule has 6 heteroatoms. The summed E-state index contributed by atoms with van der Waals surface area (Å²) in [5, 5.41) is 15.8. The van der Waals surface area contributed by atoms with Gasteiger partial charge in [-0.05, 0) is 56.2 Å². The first-order valence-electron chi connectivity index (χ1n) is 9.54. The molecule has 0 aliphatic carbocycles. The number of ether oxygens (including phenoxy) is 1. The van der Waals surface area contributed by atoms with Gasteiger partial charge in [-0.2, -0.15) is 0 Å². The highest BCUT2D eigenvalue weighted by molar-refractivity contribution is 5.79. The Labute approximate surface area is 157 Å². The molecule has 5 nitrogen and oxygen atoms in total. The summed E-state index contributed by atoms with van der Waals surface area (Å²) in [5.41, 5.74) is 0.789. The van der Waals surface area contributed by atoms with Gasteiger partial charge in [-0.15, -0.1) is 0 Å². The minimum atomic E-state index is -0.363. The number of hydrogen-bond donors (Lipinski definition) is 3. The average Bonchev–Trinajstić information content (AvgIpc) is 2.59. The molecule has 0 bridgehead atoms. The summed E-state index contributed by atoms with van der Waals surface area (Å²) in [5.74, 6) is 1.59. The van der Waals surface area contributed by atoms with Crippen LogP contribution in [0.25, 0.3) is 0 Å². The van der Waals surface area contributed by atoms with E-state index >= 15 is 0 Å². The van der Waals surface area contributed by atoms with Crippen LogP contribution in [0.1, 0.15) is 46.1 Å². The van der Waals surface area contributed by atoms with Gasteiger partial charge < -0.3 is 20.5 Å². The molecule has 0 saturated carbocycles. The molecule has 0 heterocycles. The van der Waals surface area contributed by atoms with E-state index in [0.717, 1.165) is 31.5 Å². The summed E-state index contributed by atoms with van der Waals surface area (Å²) in [6.07, 6.45) is 1.83. The fraction of sp³-hybridized carbons (Fsp3) is 0.650. The van der Waals surface area contributed by atoms with E-state index in [1.54, 1.807) is 6.07 Å². The van der Waals surface area contributed by atoms with Crippen molar-refractivity contribution < 1.29 is 14.2 Å². The maximum absolute atomic E-state index is 13.9. The van der Waals surface area contributed by atoms with E-state index in [9.17, 15) is 9.50 Å². The number of benzene rings is 1. The molecule has 1 aromatic rings. The van der Waals surface area contributed by atoms with E-state index in [1.807, 2.05) is 19.9 Å². The van der Waals surface area contributed by atoms with Crippen molar-refractivity contribution in [2.24, 2.45) is 16.8 Å². The third kappa shape index (κ3) is 8.52. The predicted octanol–water partition coefficient (Wildman–Crippen LogP) is 3.32. The number of guanidine groups is 1. The van der Waals surface area contributed by atoms with Crippen LogP contribution in [-0.4, -0.2) is 37.4 Å². The van der Waals surface area contributed by atoms with Crippen molar-refractivity contribution >= 4 is 5.96 Å². The van der Waals surface area contributed by atoms with Crippen LogP contribution in [0.3, 0.4) is 0 Å². The molecule has 0 fully saturated rings. The van der Waals surface area contributed by atoms with Gasteiger partial charge >= 0.3 is 0 Å². The quantitative estimate of drug-likeness (QED) is 0.415. The summed E-state index contributed by atoms with van der Waals surface area (Å²) in [4.78, 5) is 4.54. The number of nitrogens with one attached hydrogen (secondary N) is 2. The van der Waals surface area contributed by atoms with Crippen LogP contribution < -0.4 is 15.4 Å². The number of aliphatic imine (C=N–C) groups is 1. The summed E-state index contributed by atoms with van der Waals surface area (Å²) in [6.45, 7) is 10.7. The Morgan fingerprint density at radius 3 is 2.62 bits per heavy atom. The molecule has 0 aliphatic rings. The van der Waals surface area contributed by atoms with Gasteiger partial charge in [-0.25, -0.2) is 9.38 Å². The molecular weight excluding hydrogens is 333 g/mol. The first kappa shape index (κ1) is 22.2. The molecule has 1 rings (SSSR count). The van der Waals surface area contributed by atoms with Crippen molar-refractivity contribution in [3.63, 3.8) is 0 Å². The molecule has 1 atom stereocenters. The Morgan fingerprint density at radius 2 is 2.04 bits per heavy atom. The third-order valence-electron chi connectivity index (χ3n) is 3.96. The van der Waals surface area contributed by atoms with E-state index in [-0.39, 0.29) is 18.2 Å². The van der Waals surface area contributed by atoms with Crippen LogP contribution in [0.5, 0.6) is 5.75 Å². The second-order valence-corrected chi connectivity index (χ2v) is 6.78. The van der Waals surface area contributed by atoms with E-state index in [0.29, 0.717) is 30.9 Å². The van der Waals surface area contributed by atoms with Crippen molar-refractivity contribution in [2.75, 3.05) is 26.3 Å². The standard InChI is InChI=1S/C20H34FN3O2/c1-5-22-20(24-14-17(9-10-25)11-15(3)4)23-13-16-7-8-19(26-6-2)18(21)12-16/h7-8,12,15,17,25H,5-6,9-11,13-14H2,1-4H3,(H2,22,23,24). The van der Waals surface area contributed by atoms with Crippen molar-refractivity contribution in [3.8, 4) is 5.75 Å². The van der Waals surface area contributed by atoms with Crippen LogP contribution in [0, 0.1) is 17.7 Å². The zero-order valence-corrected chi connectivity index (χ0v) is 16.5. The summed E-state index contributed by atoms with van der Waals surface area (Å²) in [7, 11) is 0. The van der Waals surface area contributed by atoms with E-state index in [1.165, 1.54) is 6.07 Å². The molecule has 3 N–H and O–H groups in total. The van der Waals surface area contributed by atoms with E-state index in [4.69, 9.17) is 4.74 Å². The van der Waals surface area contributed by atoms with Crippen LogP contribution in [0.4, 0.5) is 4.39 Å². The molecule has 0 aliphatic heterocycles. The highest BCUT2D eigenvalue weighted by atomic mass is 19.1. The largest absolute Gasteiger partial charge is 0.491 e. The second kappa shape index (κ2) is 12.5. The summed E-state index contributed by atoms with van der Waals surface area (Å²) >= 11 is 0. The number of aliphatic hydroxyl groups is 1. The van der Waals surface area contributed by atoms with Gasteiger partial charge in [0, 0.05) is 19.7 Å². The molecule has 0 amide bonds. The number of rotatable bonds is 11. The lowest BCUT2D eigenvalue weighted by molar-refractivity contribution is 0.243. The number of halogens is 1. The second-order valence-electron chi connectivity index (χ2n) is 6.78. The van der Waals surface area contributed by atoms with Crippen LogP contribution in [-0.2, 0) is 6.54 Å². The lowest BCUT2D eigenvalue weighted by Gasteiger charge is -2.20. The topological polar surface area (TPSA) is 65.9 Å². The minimum Gasteiger partial charge on any atom is -0.491 e. The zero-order valence-electron chi connectivity index (χ0n) is 16.5.